The van der Waals surface area contributed by atoms with Gasteiger partial charge in [-0.1, -0.05) is 0 Å². The summed E-state index contributed by atoms with van der Waals surface area (Å²) < 4.78 is 7.76. The van der Waals surface area contributed by atoms with Gasteiger partial charge in [-0.25, -0.2) is 9.97 Å². The van der Waals surface area contributed by atoms with Crippen LogP contribution in [-0.4, -0.2) is 27.2 Å². The first-order chi connectivity index (χ1) is 8.77. The van der Waals surface area contributed by atoms with Crippen molar-refractivity contribution >= 4 is 5.82 Å². The Balaban J connectivity index is 2.04. The summed E-state index contributed by atoms with van der Waals surface area (Å²) in [4.78, 5) is 8.37. The molecule has 1 fully saturated rings. The molecular weight excluding hydrogens is 228 g/mol. The molecule has 2 atom stereocenters. The molecule has 2 aromatic rings. The second kappa shape index (κ2) is 4.42. The van der Waals surface area contributed by atoms with Gasteiger partial charge in [-0.3, -0.25) is 0 Å². The Morgan fingerprint density at radius 3 is 3.11 bits per heavy atom. The van der Waals surface area contributed by atoms with E-state index in [1.807, 2.05) is 24.7 Å². The van der Waals surface area contributed by atoms with Gasteiger partial charge in [0.1, 0.15) is 5.82 Å². The van der Waals surface area contributed by atoms with Crippen LogP contribution in [0.3, 0.4) is 0 Å². The Morgan fingerprint density at radius 1 is 1.50 bits per heavy atom. The molecule has 1 aliphatic rings. The van der Waals surface area contributed by atoms with Crippen molar-refractivity contribution < 1.29 is 4.74 Å². The lowest BCUT2D eigenvalue weighted by molar-refractivity contribution is 0.108. The Bertz CT molecular complexity index is 551. The first-order valence-electron chi connectivity index (χ1n) is 6.11. The van der Waals surface area contributed by atoms with Crippen LogP contribution in [0.4, 0.5) is 5.82 Å². The van der Waals surface area contributed by atoms with Crippen LogP contribution >= 0.6 is 0 Å². The van der Waals surface area contributed by atoms with Gasteiger partial charge in [-0.15, -0.1) is 0 Å². The summed E-state index contributed by atoms with van der Waals surface area (Å²) >= 11 is 0. The molecule has 2 unspecified atom stereocenters. The number of hydrogen-bond acceptors (Lipinski definition) is 4. The number of anilines is 1. The van der Waals surface area contributed by atoms with E-state index in [0.29, 0.717) is 11.9 Å². The maximum Gasteiger partial charge on any atom is 0.132 e. The summed E-state index contributed by atoms with van der Waals surface area (Å²) in [7, 11) is 0. The van der Waals surface area contributed by atoms with Crippen molar-refractivity contribution in [1.29, 1.82) is 0 Å². The van der Waals surface area contributed by atoms with E-state index < -0.39 is 0 Å². The summed E-state index contributed by atoms with van der Waals surface area (Å²) in [6, 6.07) is 4.18. The minimum absolute atomic E-state index is 0.204. The van der Waals surface area contributed by atoms with Crippen molar-refractivity contribution in [3.63, 3.8) is 0 Å². The van der Waals surface area contributed by atoms with Crippen LogP contribution < -0.4 is 5.73 Å². The van der Waals surface area contributed by atoms with Gasteiger partial charge in [-0.05, 0) is 25.5 Å². The Hall–Kier alpha value is -1.88. The fourth-order valence-electron chi connectivity index (χ4n) is 2.50. The Labute approximate surface area is 106 Å². The van der Waals surface area contributed by atoms with Crippen LogP contribution in [0.1, 0.15) is 19.4 Å². The van der Waals surface area contributed by atoms with Crippen LogP contribution in [-0.2, 0) is 4.74 Å². The zero-order valence-corrected chi connectivity index (χ0v) is 10.3. The highest BCUT2D eigenvalue weighted by molar-refractivity contribution is 5.70. The highest BCUT2D eigenvalue weighted by Crippen LogP contribution is 2.32. The monoisotopic (exact) mass is 244 g/mol. The lowest BCUT2D eigenvalue weighted by Crippen LogP contribution is -2.17. The highest BCUT2D eigenvalue weighted by atomic mass is 16.5. The standard InChI is InChI=1S/C13H16N4O/c1-9-11(4-6-18-9)17-8-15-7-12(17)10-3-2-5-16-13(10)14/h2-3,5,7-9,11H,4,6H2,1H3,(H2,14,16). The summed E-state index contributed by atoms with van der Waals surface area (Å²) in [5.41, 5.74) is 7.86. The molecule has 2 aromatic heterocycles. The fraction of sp³-hybridized carbons (Fsp3) is 0.385. The third-order valence-electron chi connectivity index (χ3n) is 3.47. The van der Waals surface area contributed by atoms with Gasteiger partial charge in [0.05, 0.1) is 30.4 Å². The molecule has 0 radical (unpaired) electrons. The number of ether oxygens (including phenoxy) is 1. The molecule has 0 bridgehead atoms. The van der Waals surface area contributed by atoms with E-state index in [1.165, 1.54) is 0 Å². The fourth-order valence-corrected chi connectivity index (χ4v) is 2.50. The normalized spacial score (nSPS) is 23.4. The van der Waals surface area contributed by atoms with Crippen molar-refractivity contribution in [1.82, 2.24) is 14.5 Å². The van der Waals surface area contributed by atoms with E-state index in [4.69, 9.17) is 10.5 Å². The van der Waals surface area contributed by atoms with Gasteiger partial charge in [0.25, 0.3) is 0 Å². The molecule has 0 spiro atoms. The number of rotatable bonds is 2. The van der Waals surface area contributed by atoms with Crippen molar-refractivity contribution in [2.75, 3.05) is 12.3 Å². The number of imidazole rings is 1. The quantitative estimate of drug-likeness (QED) is 0.876. The number of nitrogens with two attached hydrogens (primary N) is 1. The Morgan fingerprint density at radius 2 is 2.39 bits per heavy atom. The van der Waals surface area contributed by atoms with Crippen molar-refractivity contribution in [3.8, 4) is 11.3 Å². The topological polar surface area (TPSA) is 66.0 Å². The third-order valence-corrected chi connectivity index (χ3v) is 3.47. The first kappa shape index (κ1) is 11.2. The third kappa shape index (κ3) is 1.76. The summed E-state index contributed by atoms with van der Waals surface area (Å²) in [6.07, 6.45) is 6.58. The first-order valence-corrected chi connectivity index (χ1v) is 6.11. The van der Waals surface area contributed by atoms with Gasteiger partial charge >= 0.3 is 0 Å². The van der Waals surface area contributed by atoms with Gasteiger partial charge in [0, 0.05) is 18.4 Å². The second-order valence-corrected chi connectivity index (χ2v) is 4.55. The van der Waals surface area contributed by atoms with Gasteiger partial charge in [0.15, 0.2) is 0 Å². The molecule has 0 amide bonds. The molecule has 3 heterocycles. The van der Waals surface area contributed by atoms with Crippen LogP contribution in [0.2, 0.25) is 0 Å². The molecule has 18 heavy (non-hydrogen) atoms. The zero-order chi connectivity index (χ0) is 12.5. The largest absolute Gasteiger partial charge is 0.383 e. The average Bonchev–Trinajstić information content (AvgIpc) is 2.98. The summed E-state index contributed by atoms with van der Waals surface area (Å²) in [5, 5.41) is 0. The molecule has 5 heteroatoms. The smallest absolute Gasteiger partial charge is 0.132 e. The maximum absolute atomic E-state index is 5.93. The van der Waals surface area contributed by atoms with E-state index in [0.717, 1.165) is 24.3 Å². The molecule has 0 aliphatic carbocycles. The van der Waals surface area contributed by atoms with E-state index in [1.54, 1.807) is 6.20 Å². The second-order valence-electron chi connectivity index (χ2n) is 4.55. The number of hydrogen-bond donors (Lipinski definition) is 1. The zero-order valence-electron chi connectivity index (χ0n) is 10.3. The molecule has 1 aliphatic heterocycles. The number of nitrogens with zero attached hydrogens (tertiary/aromatic N) is 3. The van der Waals surface area contributed by atoms with Gasteiger partial charge < -0.3 is 15.0 Å². The van der Waals surface area contributed by atoms with Crippen molar-refractivity contribution in [2.45, 2.75) is 25.5 Å². The number of pyridine rings is 1. The molecule has 5 nitrogen and oxygen atoms in total. The van der Waals surface area contributed by atoms with E-state index in [9.17, 15) is 0 Å². The van der Waals surface area contributed by atoms with Crippen LogP contribution in [0, 0.1) is 0 Å². The van der Waals surface area contributed by atoms with Crippen LogP contribution in [0.5, 0.6) is 0 Å². The minimum Gasteiger partial charge on any atom is -0.383 e. The van der Waals surface area contributed by atoms with E-state index in [2.05, 4.69) is 21.5 Å². The van der Waals surface area contributed by atoms with Crippen LogP contribution in [0.15, 0.2) is 30.9 Å². The van der Waals surface area contributed by atoms with E-state index in [-0.39, 0.29) is 6.10 Å². The number of aromatic nitrogens is 3. The minimum atomic E-state index is 0.204. The Kier molecular flexibility index (Phi) is 2.76. The molecule has 94 valence electrons. The SMILES string of the molecule is CC1OCCC1n1cncc1-c1cccnc1N. The van der Waals surface area contributed by atoms with Crippen molar-refractivity contribution in [3.05, 3.63) is 30.9 Å². The average molecular weight is 244 g/mol. The van der Waals surface area contributed by atoms with E-state index >= 15 is 0 Å². The molecule has 3 rings (SSSR count). The predicted octanol–water partition coefficient (Wildman–Crippen LogP) is 1.88. The predicted molar refractivity (Wildman–Crippen MR) is 68.9 cm³/mol. The summed E-state index contributed by atoms with van der Waals surface area (Å²) in [5.74, 6) is 0.533. The molecule has 1 saturated heterocycles. The molecule has 2 N–H and O–H groups in total. The molecule has 0 saturated carbocycles. The van der Waals surface area contributed by atoms with Gasteiger partial charge in [0.2, 0.25) is 0 Å². The number of nitrogen functional groups attached to an aromatic ring is 1. The molecular formula is C13H16N4O. The van der Waals surface area contributed by atoms with Crippen molar-refractivity contribution in [2.24, 2.45) is 0 Å². The molecule has 0 aromatic carbocycles. The van der Waals surface area contributed by atoms with Gasteiger partial charge in [-0.2, -0.15) is 0 Å². The highest BCUT2D eigenvalue weighted by Gasteiger charge is 2.27. The lowest BCUT2D eigenvalue weighted by Gasteiger charge is -2.19. The van der Waals surface area contributed by atoms with Crippen LogP contribution in [0.25, 0.3) is 11.3 Å². The lowest BCUT2D eigenvalue weighted by atomic mass is 10.1. The summed E-state index contributed by atoms with van der Waals surface area (Å²) in [6.45, 7) is 2.89. The maximum atomic E-state index is 5.93.